The third kappa shape index (κ3) is 4.75. The Morgan fingerprint density at radius 2 is 2.18 bits per heavy atom. The van der Waals surface area contributed by atoms with Gasteiger partial charge in [-0.25, -0.2) is 4.79 Å². The van der Waals surface area contributed by atoms with Crippen LogP contribution in [0.15, 0.2) is 0 Å². The Labute approximate surface area is 66.3 Å². The van der Waals surface area contributed by atoms with E-state index in [1.165, 1.54) is 0 Å². The second-order valence-corrected chi connectivity index (χ2v) is 2.78. The molecule has 0 aromatic heterocycles. The topological polar surface area (TPSA) is 72.5 Å². The van der Waals surface area contributed by atoms with Crippen LogP contribution < -0.4 is 5.73 Å². The van der Waals surface area contributed by atoms with E-state index in [2.05, 4.69) is 4.74 Å². The maximum atomic E-state index is 10.7. The van der Waals surface area contributed by atoms with E-state index in [0.717, 1.165) is 0 Å². The molecule has 3 N–H and O–H groups in total. The van der Waals surface area contributed by atoms with Crippen molar-refractivity contribution in [2.75, 3.05) is 13.2 Å². The second-order valence-electron chi connectivity index (χ2n) is 2.78. The fraction of sp³-hybridized carbons (Fsp3) is 0.857. The third-order valence-corrected chi connectivity index (χ3v) is 1.05. The van der Waals surface area contributed by atoms with Crippen LogP contribution in [0.5, 0.6) is 0 Å². The van der Waals surface area contributed by atoms with E-state index in [9.17, 15) is 4.79 Å². The van der Waals surface area contributed by atoms with E-state index in [1.54, 1.807) is 0 Å². The Bertz CT molecular complexity index is 125. The number of aliphatic hydroxyl groups is 1. The molecule has 11 heavy (non-hydrogen) atoms. The molecular weight excluding hydrogens is 146 g/mol. The van der Waals surface area contributed by atoms with Crippen LogP contribution in [0.2, 0.25) is 0 Å². The summed E-state index contributed by atoms with van der Waals surface area (Å²) in [4.78, 5) is 10.7. The summed E-state index contributed by atoms with van der Waals surface area (Å²) in [5, 5.41) is 8.84. The molecule has 0 fully saturated rings. The highest BCUT2D eigenvalue weighted by Crippen LogP contribution is 1.94. The third-order valence-electron chi connectivity index (χ3n) is 1.05. The van der Waals surface area contributed by atoms with Crippen LogP contribution in [-0.4, -0.2) is 30.3 Å². The highest BCUT2D eigenvalue weighted by Gasteiger charge is 2.14. The quantitative estimate of drug-likeness (QED) is 0.545. The van der Waals surface area contributed by atoms with Gasteiger partial charge in [0.05, 0.1) is 6.61 Å². The van der Waals surface area contributed by atoms with E-state index in [0.29, 0.717) is 6.61 Å². The first-order valence-corrected chi connectivity index (χ1v) is 3.62. The average Bonchev–Trinajstić information content (AvgIpc) is 1.98. The van der Waals surface area contributed by atoms with Crippen molar-refractivity contribution in [1.82, 2.24) is 0 Å². The first-order valence-electron chi connectivity index (χ1n) is 3.62. The van der Waals surface area contributed by atoms with Crippen molar-refractivity contribution in [3.05, 3.63) is 0 Å². The van der Waals surface area contributed by atoms with Crippen molar-refractivity contribution in [3.8, 4) is 0 Å². The lowest BCUT2D eigenvalue weighted by Crippen LogP contribution is -2.31. The number of carbonyl (C=O) groups excluding carboxylic acids is 1. The first kappa shape index (κ1) is 10.4. The minimum absolute atomic E-state index is 0.0864. The summed E-state index contributed by atoms with van der Waals surface area (Å²) >= 11 is 0. The lowest BCUT2D eigenvalue weighted by molar-refractivity contribution is -0.154. The molecule has 1 atom stereocenters. The van der Waals surface area contributed by atoms with Crippen LogP contribution >= 0.6 is 0 Å². The number of aliphatic hydroxyl groups excluding tert-OH is 1. The van der Waals surface area contributed by atoms with Crippen molar-refractivity contribution in [2.24, 2.45) is 11.7 Å². The van der Waals surface area contributed by atoms with E-state index >= 15 is 0 Å². The predicted octanol–water partition coefficient (Wildman–Crippen LogP) is -0.495. The van der Waals surface area contributed by atoms with E-state index < -0.39 is 12.1 Å². The molecule has 0 spiro atoms. The van der Waals surface area contributed by atoms with Crippen LogP contribution in [0.1, 0.15) is 13.8 Å². The molecule has 0 aromatic rings. The molecule has 4 nitrogen and oxygen atoms in total. The van der Waals surface area contributed by atoms with Gasteiger partial charge in [0.25, 0.3) is 0 Å². The predicted molar refractivity (Wildman–Crippen MR) is 40.9 cm³/mol. The molecule has 0 rings (SSSR count). The zero-order valence-corrected chi connectivity index (χ0v) is 6.91. The monoisotopic (exact) mass is 161 g/mol. The minimum atomic E-state index is -1.17. The maximum absolute atomic E-state index is 10.7. The fourth-order valence-corrected chi connectivity index (χ4v) is 0.441. The Kier molecular flexibility index (Phi) is 4.81. The summed E-state index contributed by atoms with van der Waals surface area (Å²) in [5.74, 6) is -0.356. The van der Waals surface area contributed by atoms with E-state index in [4.69, 9.17) is 10.8 Å². The summed E-state index contributed by atoms with van der Waals surface area (Å²) in [7, 11) is 0. The first-order chi connectivity index (χ1) is 5.07. The van der Waals surface area contributed by atoms with E-state index in [1.807, 2.05) is 13.8 Å². The number of nitrogens with two attached hydrogens (primary N) is 1. The van der Waals surface area contributed by atoms with Gasteiger partial charge in [-0.05, 0) is 5.92 Å². The highest BCUT2D eigenvalue weighted by atomic mass is 16.5. The molecule has 4 heteroatoms. The van der Waals surface area contributed by atoms with Crippen molar-refractivity contribution >= 4 is 5.97 Å². The summed E-state index contributed by atoms with van der Waals surface area (Å²) in [5.41, 5.74) is 5.03. The maximum Gasteiger partial charge on any atom is 0.336 e. The van der Waals surface area contributed by atoms with Crippen LogP contribution in [0, 0.1) is 5.92 Å². The van der Waals surface area contributed by atoms with Gasteiger partial charge in [-0.3, -0.25) is 0 Å². The molecule has 66 valence electrons. The molecule has 0 amide bonds. The number of hydrogen-bond donors (Lipinski definition) is 2. The second kappa shape index (κ2) is 5.09. The number of ether oxygens (including phenoxy) is 1. The summed E-state index contributed by atoms with van der Waals surface area (Å²) in [6.45, 7) is 4.08. The van der Waals surface area contributed by atoms with Gasteiger partial charge in [0, 0.05) is 6.54 Å². The number of esters is 1. The average molecular weight is 161 g/mol. The summed E-state index contributed by atoms with van der Waals surface area (Å²) in [6.07, 6.45) is -1.17. The molecule has 0 heterocycles. The standard InChI is InChI=1S/C7H15NO3/c1-5(2)4-11-7(10)6(9)3-8/h5-6,9H,3-4,8H2,1-2H3/t6-/m0/s1. The van der Waals surface area contributed by atoms with Crippen molar-refractivity contribution in [3.63, 3.8) is 0 Å². The van der Waals surface area contributed by atoms with Gasteiger partial charge in [-0.2, -0.15) is 0 Å². The Balaban J connectivity index is 3.52. The normalized spacial score (nSPS) is 13.2. The largest absolute Gasteiger partial charge is 0.463 e. The van der Waals surface area contributed by atoms with Gasteiger partial charge in [0.15, 0.2) is 6.10 Å². The Hall–Kier alpha value is -0.610. The van der Waals surface area contributed by atoms with Gasteiger partial charge in [0.2, 0.25) is 0 Å². The lowest BCUT2D eigenvalue weighted by Gasteiger charge is -2.09. The Morgan fingerprint density at radius 1 is 1.64 bits per heavy atom. The van der Waals surface area contributed by atoms with Gasteiger partial charge in [-0.1, -0.05) is 13.8 Å². The van der Waals surface area contributed by atoms with Crippen LogP contribution in [0.4, 0.5) is 0 Å². The number of hydrogen-bond acceptors (Lipinski definition) is 4. The molecule has 0 radical (unpaired) electrons. The minimum Gasteiger partial charge on any atom is -0.463 e. The number of carbonyl (C=O) groups is 1. The van der Waals surface area contributed by atoms with E-state index in [-0.39, 0.29) is 12.5 Å². The molecule has 0 saturated heterocycles. The van der Waals surface area contributed by atoms with Gasteiger partial charge < -0.3 is 15.6 Å². The smallest absolute Gasteiger partial charge is 0.336 e. The van der Waals surface area contributed by atoms with Crippen LogP contribution in [0.25, 0.3) is 0 Å². The van der Waals surface area contributed by atoms with Gasteiger partial charge in [0.1, 0.15) is 0 Å². The van der Waals surface area contributed by atoms with Crippen molar-refractivity contribution in [2.45, 2.75) is 20.0 Å². The lowest BCUT2D eigenvalue weighted by atomic mass is 10.2. The molecule has 0 bridgehead atoms. The van der Waals surface area contributed by atoms with Crippen LogP contribution in [0.3, 0.4) is 0 Å². The summed E-state index contributed by atoms with van der Waals surface area (Å²) < 4.78 is 4.69. The molecule has 0 unspecified atom stereocenters. The molecule has 0 aliphatic carbocycles. The summed E-state index contributed by atoms with van der Waals surface area (Å²) in [6, 6.07) is 0. The SMILES string of the molecule is CC(C)COC(=O)[C@@H](O)CN. The molecule has 0 aliphatic heterocycles. The highest BCUT2D eigenvalue weighted by molar-refractivity contribution is 5.74. The zero-order valence-electron chi connectivity index (χ0n) is 6.91. The molecule has 0 aliphatic rings. The van der Waals surface area contributed by atoms with Gasteiger partial charge in [-0.15, -0.1) is 0 Å². The van der Waals surface area contributed by atoms with Gasteiger partial charge >= 0.3 is 5.97 Å². The van der Waals surface area contributed by atoms with Crippen molar-refractivity contribution in [1.29, 1.82) is 0 Å². The Morgan fingerprint density at radius 3 is 2.55 bits per heavy atom. The zero-order chi connectivity index (χ0) is 8.85. The fourth-order valence-electron chi connectivity index (χ4n) is 0.441. The van der Waals surface area contributed by atoms with Crippen LogP contribution in [-0.2, 0) is 9.53 Å². The molecule has 0 aromatic carbocycles. The molecule has 0 saturated carbocycles. The number of rotatable bonds is 4. The van der Waals surface area contributed by atoms with Crippen molar-refractivity contribution < 1.29 is 14.6 Å². The molecular formula is C7H15NO3.